The van der Waals surface area contributed by atoms with Crippen LogP contribution in [0.4, 0.5) is 0 Å². The summed E-state index contributed by atoms with van der Waals surface area (Å²) >= 11 is 0. The Morgan fingerprint density at radius 1 is 1.25 bits per heavy atom. The maximum absolute atomic E-state index is 12.5. The van der Waals surface area contributed by atoms with Crippen molar-refractivity contribution >= 4 is 10.9 Å². The number of nitrogens with zero attached hydrogens (tertiary/aromatic N) is 4. The predicted molar refractivity (Wildman–Crippen MR) is 88.6 cm³/mol. The minimum atomic E-state index is -0.253. The van der Waals surface area contributed by atoms with Crippen molar-refractivity contribution in [2.24, 2.45) is 5.92 Å². The van der Waals surface area contributed by atoms with Crippen LogP contribution < -0.4 is 5.56 Å². The Bertz CT molecular complexity index is 885. The largest absolute Gasteiger partial charge is 0.370 e. The number of hydrogen-bond donors (Lipinski definition) is 0. The number of benzene rings is 1. The van der Waals surface area contributed by atoms with Gasteiger partial charge in [0.05, 0.1) is 17.2 Å². The summed E-state index contributed by atoms with van der Waals surface area (Å²) in [6.45, 7) is 6.83. The van der Waals surface area contributed by atoms with Gasteiger partial charge >= 0.3 is 0 Å². The van der Waals surface area contributed by atoms with Gasteiger partial charge in [0.15, 0.2) is 5.82 Å². The normalized spacial score (nSPS) is 12.8. The van der Waals surface area contributed by atoms with Crippen LogP contribution in [-0.4, -0.2) is 26.3 Å². The van der Waals surface area contributed by atoms with Crippen LogP contribution in [0.15, 0.2) is 39.9 Å². The van der Waals surface area contributed by atoms with Crippen molar-refractivity contribution < 1.29 is 9.26 Å². The minimum Gasteiger partial charge on any atom is -0.370 e. The zero-order valence-electron chi connectivity index (χ0n) is 14.0. The molecule has 0 aliphatic rings. The van der Waals surface area contributed by atoms with Crippen molar-refractivity contribution in [1.29, 1.82) is 0 Å². The molecular weight excluding hydrogens is 308 g/mol. The quantitative estimate of drug-likeness (QED) is 0.691. The summed E-state index contributed by atoms with van der Waals surface area (Å²) in [6, 6.07) is 7.22. The number of rotatable bonds is 6. The fraction of sp³-hybridized carbons (Fsp3) is 0.412. The van der Waals surface area contributed by atoms with E-state index in [1.165, 1.54) is 10.9 Å². The van der Waals surface area contributed by atoms with E-state index in [0.717, 1.165) is 0 Å². The first kappa shape index (κ1) is 16.3. The molecule has 0 saturated heterocycles. The van der Waals surface area contributed by atoms with E-state index in [9.17, 15) is 4.79 Å². The van der Waals surface area contributed by atoms with Crippen LogP contribution in [0.25, 0.3) is 10.9 Å². The monoisotopic (exact) mass is 328 g/mol. The zero-order valence-corrected chi connectivity index (χ0v) is 14.0. The highest BCUT2D eigenvalue weighted by molar-refractivity contribution is 5.76. The van der Waals surface area contributed by atoms with E-state index in [0.29, 0.717) is 35.1 Å². The smallest absolute Gasteiger partial charge is 0.261 e. The van der Waals surface area contributed by atoms with Crippen LogP contribution in [0.1, 0.15) is 38.6 Å². The van der Waals surface area contributed by atoms with Gasteiger partial charge in [-0.3, -0.25) is 9.36 Å². The Labute approximate surface area is 139 Å². The molecule has 0 aliphatic heterocycles. The number of ether oxygens (including phenoxy) is 1. The summed E-state index contributed by atoms with van der Waals surface area (Å²) in [5.74, 6) is 1.26. The highest BCUT2D eigenvalue weighted by atomic mass is 16.5. The fourth-order valence-corrected chi connectivity index (χ4v) is 2.27. The molecule has 0 spiro atoms. The predicted octanol–water partition coefficient (Wildman–Crippen LogP) is 2.56. The third kappa shape index (κ3) is 3.51. The molecule has 0 unspecified atom stereocenters. The van der Waals surface area contributed by atoms with E-state index < -0.39 is 0 Å². The van der Waals surface area contributed by atoms with Gasteiger partial charge < -0.3 is 9.26 Å². The van der Waals surface area contributed by atoms with Crippen molar-refractivity contribution in [2.75, 3.05) is 6.61 Å². The molecule has 7 nitrogen and oxygen atoms in total. The average Bonchev–Trinajstić information content (AvgIpc) is 3.04. The van der Waals surface area contributed by atoms with Gasteiger partial charge in [0.25, 0.3) is 5.56 Å². The van der Waals surface area contributed by atoms with Crippen molar-refractivity contribution in [2.45, 2.75) is 33.4 Å². The van der Waals surface area contributed by atoms with Gasteiger partial charge in [-0.05, 0) is 25.0 Å². The Morgan fingerprint density at radius 2 is 2.04 bits per heavy atom. The first-order chi connectivity index (χ1) is 11.5. The molecule has 0 N–H and O–H groups in total. The topological polar surface area (TPSA) is 83.0 Å². The minimum absolute atomic E-state index is 0.135. The van der Waals surface area contributed by atoms with Crippen LogP contribution in [0, 0.1) is 5.92 Å². The molecule has 1 atom stereocenters. The molecule has 0 bridgehead atoms. The van der Waals surface area contributed by atoms with Gasteiger partial charge in [0.1, 0.15) is 12.6 Å². The van der Waals surface area contributed by atoms with Gasteiger partial charge in [-0.2, -0.15) is 4.98 Å². The van der Waals surface area contributed by atoms with Crippen molar-refractivity contribution in [1.82, 2.24) is 19.7 Å². The van der Waals surface area contributed by atoms with Crippen molar-refractivity contribution in [3.63, 3.8) is 0 Å². The zero-order chi connectivity index (χ0) is 17.1. The molecule has 0 fully saturated rings. The third-order valence-electron chi connectivity index (χ3n) is 3.56. The molecule has 0 saturated carbocycles. The van der Waals surface area contributed by atoms with E-state index in [1.54, 1.807) is 12.1 Å². The summed E-state index contributed by atoms with van der Waals surface area (Å²) in [4.78, 5) is 21.1. The number of hydrogen-bond acceptors (Lipinski definition) is 6. The van der Waals surface area contributed by atoms with Crippen molar-refractivity contribution in [3.8, 4) is 0 Å². The molecular formula is C17H20N4O3. The maximum Gasteiger partial charge on any atom is 0.261 e. The van der Waals surface area contributed by atoms with Crippen LogP contribution in [0.5, 0.6) is 0 Å². The second-order valence-electron chi connectivity index (χ2n) is 6.11. The van der Waals surface area contributed by atoms with Gasteiger partial charge in [0.2, 0.25) is 5.89 Å². The number of aromatic nitrogens is 4. The highest BCUT2D eigenvalue weighted by Crippen LogP contribution is 2.15. The standard InChI is InChI=1S/C17H20N4O3/c1-11(2)9-23-12(3)16-19-15(24-20-16)8-21-10-18-14-7-5-4-6-13(14)17(21)22/h4-7,10-12H,8-9H2,1-3H3/t12-/m1/s1. The lowest BCUT2D eigenvalue weighted by Crippen LogP contribution is -2.21. The molecule has 7 heteroatoms. The molecule has 24 heavy (non-hydrogen) atoms. The summed E-state index contributed by atoms with van der Waals surface area (Å²) in [5.41, 5.74) is 0.533. The van der Waals surface area contributed by atoms with E-state index >= 15 is 0 Å². The average molecular weight is 328 g/mol. The molecule has 0 amide bonds. The SMILES string of the molecule is CC(C)CO[C@H](C)c1noc(Cn2cnc3ccccc3c2=O)n1. The van der Waals surface area contributed by atoms with E-state index in [-0.39, 0.29) is 18.2 Å². The van der Waals surface area contributed by atoms with Crippen LogP contribution >= 0.6 is 0 Å². The molecule has 0 aliphatic carbocycles. The van der Waals surface area contributed by atoms with Gasteiger partial charge in [-0.1, -0.05) is 31.1 Å². The lowest BCUT2D eigenvalue weighted by Gasteiger charge is -2.10. The Balaban J connectivity index is 1.78. The third-order valence-corrected chi connectivity index (χ3v) is 3.56. The second-order valence-corrected chi connectivity index (χ2v) is 6.11. The number of fused-ring (bicyclic) bond motifs is 1. The highest BCUT2D eigenvalue weighted by Gasteiger charge is 2.15. The second kappa shape index (κ2) is 6.92. The molecule has 3 rings (SSSR count). The molecule has 3 aromatic rings. The van der Waals surface area contributed by atoms with Gasteiger partial charge in [-0.15, -0.1) is 0 Å². The lowest BCUT2D eigenvalue weighted by molar-refractivity contribution is 0.0402. The van der Waals surface area contributed by atoms with Crippen molar-refractivity contribution in [3.05, 3.63) is 52.7 Å². The maximum atomic E-state index is 12.5. The number of para-hydroxylation sites is 1. The fourth-order valence-electron chi connectivity index (χ4n) is 2.27. The molecule has 1 aromatic carbocycles. The first-order valence-corrected chi connectivity index (χ1v) is 7.93. The Morgan fingerprint density at radius 3 is 2.83 bits per heavy atom. The van der Waals surface area contributed by atoms with Crippen LogP contribution in [-0.2, 0) is 11.3 Å². The van der Waals surface area contributed by atoms with Crippen LogP contribution in [0.3, 0.4) is 0 Å². The van der Waals surface area contributed by atoms with Gasteiger partial charge in [-0.25, -0.2) is 4.98 Å². The van der Waals surface area contributed by atoms with Crippen LogP contribution in [0.2, 0.25) is 0 Å². The molecule has 2 aromatic heterocycles. The van der Waals surface area contributed by atoms with Gasteiger partial charge in [0, 0.05) is 6.61 Å². The lowest BCUT2D eigenvalue weighted by atomic mass is 10.2. The van der Waals surface area contributed by atoms with E-state index in [2.05, 4.69) is 29.0 Å². The molecule has 126 valence electrons. The first-order valence-electron chi connectivity index (χ1n) is 7.93. The van der Waals surface area contributed by atoms with E-state index in [1.807, 2.05) is 19.1 Å². The molecule has 0 radical (unpaired) electrons. The Kier molecular flexibility index (Phi) is 4.71. The summed E-state index contributed by atoms with van der Waals surface area (Å²) in [5, 5.41) is 4.50. The Hall–Kier alpha value is -2.54. The summed E-state index contributed by atoms with van der Waals surface area (Å²) in [7, 11) is 0. The molecule has 2 heterocycles. The van der Waals surface area contributed by atoms with E-state index in [4.69, 9.17) is 9.26 Å². The summed E-state index contributed by atoms with van der Waals surface area (Å²) in [6.07, 6.45) is 1.24. The summed E-state index contributed by atoms with van der Waals surface area (Å²) < 4.78 is 12.4.